The molecule has 0 spiro atoms. The van der Waals surface area contributed by atoms with E-state index in [0.29, 0.717) is 11.9 Å². The summed E-state index contributed by atoms with van der Waals surface area (Å²) in [5.41, 5.74) is 1.59. The Kier molecular flexibility index (Phi) is 1.26. The molecule has 0 unspecified atom stereocenters. The second kappa shape index (κ2) is 2.13. The number of benzene rings is 1. The van der Waals surface area contributed by atoms with Crippen LogP contribution in [0.15, 0.2) is 24.3 Å². The van der Waals surface area contributed by atoms with Crippen molar-refractivity contribution in [3.8, 4) is 0 Å². The summed E-state index contributed by atoms with van der Waals surface area (Å²) in [5.74, 6) is 0. The van der Waals surface area contributed by atoms with Crippen LogP contribution in [0.4, 0.5) is 11.4 Å². The van der Waals surface area contributed by atoms with E-state index >= 15 is 0 Å². The summed E-state index contributed by atoms with van der Waals surface area (Å²) in [6.07, 6.45) is 0.631. The van der Waals surface area contributed by atoms with E-state index in [4.69, 9.17) is 0 Å². The van der Waals surface area contributed by atoms with Crippen molar-refractivity contribution in [3.63, 3.8) is 0 Å². The van der Waals surface area contributed by atoms with Gasteiger partial charge in [0.1, 0.15) is 6.17 Å². The normalized spacial score (nSPS) is 16.4. The molecule has 1 aromatic carbocycles. The van der Waals surface area contributed by atoms with Gasteiger partial charge in [-0.05, 0) is 19.1 Å². The van der Waals surface area contributed by atoms with E-state index in [0.717, 1.165) is 10.8 Å². The van der Waals surface area contributed by atoms with Gasteiger partial charge in [0.15, 0.2) is 0 Å². The topological polar surface area (TPSA) is 38.3 Å². The molecule has 0 bridgehead atoms. The molecular weight excluding hydrogens is 140 g/mol. The molecule has 0 amide bonds. The minimum atomic E-state index is 0.631. The number of nitrogens with one attached hydrogen (secondary N) is 1. The summed E-state index contributed by atoms with van der Waals surface area (Å²) >= 11 is 0. The first-order valence-electron chi connectivity index (χ1n) is 3.46. The van der Waals surface area contributed by atoms with E-state index in [-0.39, 0.29) is 0 Å². The number of nitrogens with zero attached hydrogens (tertiary/aromatic N) is 1. The van der Waals surface area contributed by atoms with Crippen molar-refractivity contribution in [1.29, 1.82) is 0 Å². The first-order chi connectivity index (χ1) is 5.29. The molecule has 1 aromatic rings. The lowest BCUT2D eigenvalue weighted by Gasteiger charge is -2.28. The molecule has 0 aliphatic carbocycles. The SMILES string of the molecule is C[C]1Nc2ccccc2N1[O-]. The summed E-state index contributed by atoms with van der Waals surface area (Å²) in [6, 6.07) is 7.44. The number of fused-ring (bicyclic) bond motifs is 1. The van der Waals surface area contributed by atoms with Gasteiger partial charge in [-0.1, -0.05) is 12.1 Å². The molecular formula is C8H8N2O-. The Balaban J connectivity index is 2.47. The van der Waals surface area contributed by atoms with Crippen molar-refractivity contribution in [1.82, 2.24) is 0 Å². The molecule has 3 nitrogen and oxygen atoms in total. The van der Waals surface area contributed by atoms with E-state index in [9.17, 15) is 5.21 Å². The highest BCUT2D eigenvalue weighted by Crippen LogP contribution is 2.35. The van der Waals surface area contributed by atoms with Crippen LogP contribution in [0, 0.1) is 11.4 Å². The quantitative estimate of drug-likeness (QED) is 0.610. The van der Waals surface area contributed by atoms with Gasteiger partial charge in [-0.2, -0.15) is 0 Å². The van der Waals surface area contributed by atoms with Gasteiger partial charge in [-0.25, -0.2) is 0 Å². The molecule has 0 fully saturated rings. The zero-order valence-corrected chi connectivity index (χ0v) is 6.16. The summed E-state index contributed by atoms with van der Waals surface area (Å²) in [6.45, 7) is 1.76. The number of hydrogen-bond donors (Lipinski definition) is 1. The average molecular weight is 148 g/mol. The van der Waals surface area contributed by atoms with Crippen LogP contribution in [0.1, 0.15) is 6.92 Å². The van der Waals surface area contributed by atoms with Gasteiger partial charge in [0.2, 0.25) is 0 Å². The van der Waals surface area contributed by atoms with Crippen LogP contribution in [0.5, 0.6) is 0 Å². The predicted molar refractivity (Wildman–Crippen MR) is 44.8 cm³/mol. The highest BCUT2D eigenvalue weighted by molar-refractivity contribution is 5.79. The summed E-state index contributed by atoms with van der Waals surface area (Å²) in [5, 5.41) is 15.1. The van der Waals surface area contributed by atoms with Crippen molar-refractivity contribution in [3.05, 3.63) is 35.6 Å². The predicted octanol–water partition coefficient (Wildman–Crippen LogP) is 1.93. The third-order valence-corrected chi connectivity index (χ3v) is 1.74. The molecule has 1 aliphatic heterocycles. The minimum absolute atomic E-state index is 0.631. The standard InChI is InChI=1S/C8H8N2O/c1-6-9-7-4-2-3-5-8(7)10(6)11/h2-5,9H,1H3/q-1. The Labute approximate surface area is 65.2 Å². The van der Waals surface area contributed by atoms with Gasteiger partial charge in [0, 0.05) is 0 Å². The molecule has 1 N–H and O–H groups in total. The lowest BCUT2D eigenvalue weighted by Crippen LogP contribution is -2.17. The molecule has 2 rings (SSSR count). The maximum atomic E-state index is 11.2. The maximum Gasteiger partial charge on any atom is 0.139 e. The lowest BCUT2D eigenvalue weighted by atomic mass is 10.3. The van der Waals surface area contributed by atoms with Crippen LogP contribution < -0.4 is 10.4 Å². The number of hydroxylamine groups is 1. The Morgan fingerprint density at radius 1 is 1.36 bits per heavy atom. The van der Waals surface area contributed by atoms with Crippen LogP contribution in [0.2, 0.25) is 0 Å². The third kappa shape index (κ3) is 0.851. The molecule has 1 aliphatic rings. The number of hydrogen-bond acceptors (Lipinski definition) is 3. The lowest BCUT2D eigenvalue weighted by molar-refractivity contribution is 1.03. The van der Waals surface area contributed by atoms with E-state index in [1.165, 1.54) is 0 Å². The summed E-state index contributed by atoms with van der Waals surface area (Å²) < 4.78 is 0. The van der Waals surface area contributed by atoms with E-state index in [1.807, 2.05) is 18.2 Å². The van der Waals surface area contributed by atoms with Crippen LogP contribution in [0.3, 0.4) is 0 Å². The molecule has 0 atom stereocenters. The van der Waals surface area contributed by atoms with E-state index in [2.05, 4.69) is 5.32 Å². The van der Waals surface area contributed by atoms with Crippen LogP contribution in [0.25, 0.3) is 0 Å². The molecule has 57 valence electrons. The smallest absolute Gasteiger partial charge is 0.139 e. The fraction of sp³-hybridized carbons (Fsp3) is 0.125. The van der Waals surface area contributed by atoms with Crippen molar-refractivity contribution in [2.75, 3.05) is 10.4 Å². The Morgan fingerprint density at radius 3 is 2.82 bits per heavy atom. The first-order valence-corrected chi connectivity index (χ1v) is 3.46. The highest BCUT2D eigenvalue weighted by Gasteiger charge is 2.17. The zero-order valence-electron chi connectivity index (χ0n) is 6.16. The fourth-order valence-electron chi connectivity index (χ4n) is 1.18. The molecule has 0 saturated carbocycles. The Bertz CT molecular complexity index is 275. The number of rotatable bonds is 0. The van der Waals surface area contributed by atoms with Crippen LogP contribution in [-0.4, -0.2) is 0 Å². The molecule has 11 heavy (non-hydrogen) atoms. The maximum absolute atomic E-state index is 11.2. The average Bonchev–Trinajstić information content (AvgIpc) is 2.30. The fourth-order valence-corrected chi connectivity index (χ4v) is 1.18. The van der Waals surface area contributed by atoms with Crippen molar-refractivity contribution in [2.45, 2.75) is 6.92 Å². The number of para-hydroxylation sites is 2. The van der Waals surface area contributed by atoms with Crippen molar-refractivity contribution < 1.29 is 0 Å². The summed E-state index contributed by atoms with van der Waals surface area (Å²) in [7, 11) is 0. The van der Waals surface area contributed by atoms with Crippen molar-refractivity contribution in [2.24, 2.45) is 0 Å². The van der Waals surface area contributed by atoms with Crippen LogP contribution >= 0.6 is 0 Å². The second-order valence-electron chi connectivity index (χ2n) is 2.52. The largest absolute Gasteiger partial charge is 0.756 e. The number of anilines is 2. The van der Waals surface area contributed by atoms with Gasteiger partial charge in [-0.3, -0.25) is 0 Å². The minimum Gasteiger partial charge on any atom is -0.756 e. The van der Waals surface area contributed by atoms with Gasteiger partial charge >= 0.3 is 0 Å². The van der Waals surface area contributed by atoms with Crippen molar-refractivity contribution >= 4 is 11.4 Å². The van der Waals surface area contributed by atoms with Gasteiger partial charge in [-0.15, -0.1) is 0 Å². The summed E-state index contributed by atoms with van der Waals surface area (Å²) in [4.78, 5) is 0. The highest BCUT2D eigenvalue weighted by atomic mass is 16.5. The second-order valence-corrected chi connectivity index (χ2v) is 2.52. The molecule has 1 radical (unpaired) electrons. The third-order valence-electron chi connectivity index (χ3n) is 1.74. The van der Waals surface area contributed by atoms with E-state index < -0.39 is 0 Å². The molecule has 1 heterocycles. The molecule has 0 aromatic heterocycles. The van der Waals surface area contributed by atoms with Gasteiger partial charge < -0.3 is 15.6 Å². The zero-order chi connectivity index (χ0) is 7.84. The molecule has 3 heteroatoms. The van der Waals surface area contributed by atoms with Crippen LogP contribution in [-0.2, 0) is 0 Å². The van der Waals surface area contributed by atoms with E-state index in [1.54, 1.807) is 13.0 Å². The monoisotopic (exact) mass is 148 g/mol. The molecule has 0 saturated heterocycles. The Hall–Kier alpha value is -1.22. The van der Waals surface area contributed by atoms with Gasteiger partial charge in [0.25, 0.3) is 0 Å². The van der Waals surface area contributed by atoms with Gasteiger partial charge in [0.05, 0.1) is 11.4 Å². The first kappa shape index (κ1) is 6.49. The Morgan fingerprint density at radius 2 is 2.09 bits per heavy atom.